The van der Waals surface area contributed by atoms with E-state index < -0.39 is 0 Å². The topological polar surface area (TPSA) is 80.2 Å². The molecule has 2 aromatic heterocycles. The third kappa shape index (κ3) is 3.32. The summed E-state index contributed by atoms with van der Waals surface area (Å²) in [5.41, 5.74) is 2.73. The van der Waals surface area contributed by atoms with Crippen molar-refractivity contribution in [2.75, 3.05) is 25.1 Å². The Hall–Kier alpha value is -2.54. The Morgan fingerprint density at radius 1 is 1.36 bits per heavy atom. The molecule has 1 saturated heterocycles. The number of carbonyl (C=O) groups is 1. The average Bonchev–Trinajstić information content (AvgIpc) is 3.15. The number of hydrogen-bond donors (Lipinski definition) is 1. The summed E-state index contributed by atoms with van der Waals surface area (Å²) in [5.74, 6) is 1.51. The minimum absolute atomic E-state index is 0.0716. The second kappa shape index (κ2) is 6.76. The van der Waals surface area contributed by atoms with Crippen LogP contribution in [0.25, 0.3) is 11.5 Å². The lowest BCUT2D eigenvalue weighted by molar-refractivity contribution is -0.129. The van der Waals surface area contributed by atoms with Gasteiger partial charge in [-0.1, -0.05) is 6.07 Å². The fraction of sp³-hybridized carbons (Fsp3) is 0.444. The molecule has 2 aliphatic heterocycles. The first-order valence-electron chi connectivity index (χ1n) is 8.61. The van der Waals surface area contributed by atoms with Gasteiger partial charge in [0.2, 0.25) is 5.91 Å². The van der Waals surface area contributed by atoms with Crippen LogP contribution < -0.4 is 5.32 Å². The molecule has 0 radical (unpaired) electrons. The number of amides is 1. The molecule has 0 bridgehead atoms. The summed E-state index contributed by atoms with van der Waals surface area (Å²) < 4.78 is 5.47. The number of ether oxygens (including phenoxy) is 1. The fourth-order valence-corrected chi connectivity index (χ4v) is 3.27. The Bertz CT molecular complexity index is 775. The van der Waals surface area contributed by atoms with Crippen molar-refractivity contribution in [3.8, 4) is 11.5 Å². The normalized spacial score (nSPS) is 19.6. The molecular formula is C18H21N5O2. The zero-order valence-electron chi connectivity index (χ0n) is 14.2. The Labute approximate surface area is 146 Å². The fourth-order valence-electron chi connectivity index (χ4n) is 3.27. The van der Waals surface area contributed by atoms with E-state index in [0.717, 1.165) is 42.2 Å². The maximum absolute atomic E-state index is 11.8. The lowest BCUT2D eigenvalue weighted by atomic mass is 10.0. The largest absolute Gasteiger partial charge is 0.379 e. The molecule has 1 amide bonds. The maximum atomic E-state index is 11.8. The van der Waals surface area contributed by atoms with Crippen LogP contribution in [0.1, 0.15) is 24.6 Å². The number of nitrogens with one attached hydrogen (secondary N) is 1. The third-order valence-corrected chi connectivity index (χ3v) is 4.67. The van der Waals surface area contributed by atoms with Gasteiger partial charge in [0, 0.05) is 31.8 Å². The van der Waals surface area contributed by atoms with Crippen molar-refractivity contribution >= 4 is 11.7 Å². The van der Waals surface area contributed by atoms with Gasteiger partial charge in [-0.05, 0) is 25.0 Å². The highest BCUT2D eigenvalue weighted by Crippen LogP contribution is 2.27. The molecule has 130 valence electrons. The summed E-state index contributed by atoms with van der Waals surface area (Å²) in [6, 6.07) is 5.95. The van der Waals surface area contributed by atoms with Gasteiger partial charge in [-0.3, -0.25) is 9.78 Å². The molecular weight excluding hydrogens is 318 g/mol. The van der Waals surface area contributed by atoms with Crippen molar-refractivity contribution in [1.82, 2.24) is 19.9 Å². The lowest BCUT2D eigenvalue weighted by Gasteiger charge is -2.29. The molecule has 0 aromatic carbocycles. The quantitative estimate of drug-likeness (QED) is 0.916. The Morgan fingerprint density at radius 2 is 2.28 bits per heavy atom. The van der Waals surface area contributed by atoms with Crippen molar-refractivity contribution in [2.24, 2.45) is 0 Å². The van der Waals surface area contributed by atoms with Gasteiger partial charge in [0.05, 0.1) is 24.9 Å². The van der Waals surface area contributed by atoms with Crippen molar-refractivity contribution in [2.45, 2.75) is 32.4 Å². The van der Waals surface area contributed by atoms with E-state index in [-0.39, 0.29) is 11.9 Å². The van der Waals surface area contributed by atoms with Crippen LogP contribution in [0.15, 0.2) is 24.4 Å². The van der Waals surface area contributed by atoms with E-state index in [2.05, 4.69) is 10.3 Å². The maximum Gasteiger partial charge on any atom is 0.219 e. The highest BCUT2D eigenvalue weighted by molar-refractivity contribution is 5.74. The molecule has 1 fully saturated rings. The Morgan fingerprint density at radius 3 is 3.00 bits per heavy atom. The highest BCUT2D eigenvalue weighted by atomic mass is 16.5. The first-order chi connectivity index (χ1) is 12.2. The minimum atomic E-state index is 0.0716. The van der Waals surface area contributed by atoms with Crippen LogP contribution in [0.3, 0.4) is 0 Å². The summed E-state index contributed by atoms with van der Waals surface area (Å²) in [4.78, 5) is 27.4. The number of aromatic nitrogens is 3. The van der Waals surface area contributed by atoms with Gasteiger partial charge in [-0.2, -0.15) is 0 Å². The van der Waals surface area contributed by atoms with E-state index in [1.807, 2.05) is 23.1 Å². The van der Waals surface area contributed by atoms with Crippen molar-refractivity contribution in [3.05, 3.63) is 35.7 Å². The smallest absolute Gasteiger partial charge is 0.219 e. The second-order valence-electron chi connectivity index (χ2n) is 6.43. The molecule has 0 unspecified atom stereocenters. The number of carbonyl (C=O) groups excluding carboxylic acids is 1. The summed E-state index contributed by atoms with van der Waals surface area (Å²) >= 11 is 0. The van der Waals surface area contributed by atoms with E-state index in [0.29, 0.717) is 25.5 Å². The number of rotatable bonds is 3. The van der Waals surface area contributed by atoms with Crippen LogP contribution in [0.2, 0.25) is 0 Å². The predicted molar refractivity (Wildman–Crippen MR) is 92.9 cm³/mol. The number of nitrogens with zero attached hydrogens (tertiary/aromatic N) is 4. The molecule has 0 aliphatic carbocycles. The van der Waals surface area contributed by atoms with Gasteiger partial charge >= 0.3 is 0 Å². The predicted octanol–water partition coefficient (Wildman–Crippen LogP) is 1.64. The summed E-state index contributed by atoms with van der Waals surface area (Å²) in [7, 11) is 0. The molecule has 7 heteroatoms. The van der Waals surface area contributed by atoms with E-state index >= 15 is 0 Å². The number of anilines is 1. The first-order valence-corrected chi connectivity index (χ1v) is 8.61. The molecule has 1 N–H and O–H groups in total. The zero-order valence-corrected chi connectivity index (χ0v) is 14.2. The first kappa shape index (κ1) is 16.0. The average molecular weight is 339 g/mol. The monoisotopic (exact) mass is 339 g/mol. The Balaban J connectivity index is 1.73. The molecule has 2 aromatic rings. The molecule has 0 spiro atoms. The van der Waals surface area contributed by atoms with Crippen molar-refractivity contribution < 1.29 is 9.53 Å². The highest BCUT2D eigenvalue weighted by Gasteiger charge is 2.26. The number of fused-ring (bicyclic) bond motifs is 1. The second-order valence-corrected chi connectivity index (χ2v) is 6.43. The summed E-state index contributed by atoms with van der Waals surface area (Å²) in [6.45, 7) is 4.28. The van der Waals surface area contributed by atoms with E-state index in [1.165, 1.54) is 0 Å². The lowest BCUT2D eigenvalue weighted by Crippen LogP contribution is -2.36. The molecule has 1 atom stereocenters. The van der Waals surface area contributed by atoms with Crippen LogP contribution >= 0.6 is 0 Å². The van der Waals surface area contributed by atoms with E-state index in [4.69, 9.17) is 14.7 Å². The van der Waals surface area contributed by atoms with Crippen LogP contribution in [0.5, 0.6) is 0 Å². The van der Waals surface area contributed by atoms with E-state index in [1.54, 1.807) is 13.1 Å². The zero-order chi connectivity index (χ0) is 17.2. The van der Waals surface area contributed by atoms with Gasteiger partial charge in [0.15, 0.2) is 5.82 Å². The van der Waals surface area contributed by atoms with Gasteiger partial charge in [-0.25, -0.2) is 9.97 Å². The van der Waals surface area contributed by atoms with Gasteiger partial charge in [-0.15, -0.1) is 0 Å². The van der Waals surface area contributed by atoms with Crippen LogP contribution in [0, 0.1) is 0 Å². The Kier molecular flexibility index (Phi) is 4.31. The molecule has 7 nitrogen and oxygen atoms in total. The SMILES string of the molecule is CC(=O)N1CCc2c(nc(-c3ccccn3)nc2N[C@H]2CCOC2)C1. The molecule has 4 rings (SSSR count). The molecule has 2 aliphatic rings. The number of pyridine rings is 1. The minimum Gasteiger partial charge on any atom is -0.379 e. The van der Waals surface area contributed by atoms with Crippen LogP contribution in [-0.4, -0.2) is 51.6 Å². The van der Waals surface area contributed by atoms with Gasteiger partial charge < -0.3 is 15.0 Å². The summed E-state index contributed by atoms with van der Waals surface area (Å²) in [6.07, 6.45) is 3.46. The summed E-state index contributed by atoms with van der Waals surface area (Å²) in [5, 5.41) is 3.52. The molecule has 4 heterocycles. The van der Waals surface area contributed by atoms with Gasteiger partial charge in [0.25, 0.3) is 0 Å². The van der Waals surface area contributed by atoms with Crippen molar-refractivity contribution in [3.63, 3.8) is 0 Å². The van der Waals surface area contributed by atoms with E-state index in [9.17, 15) is 4.79 Å². The standard InChI is InChI=1S/C18H21N5O2/c1-12(24)23-8-5-14-16(10-23)21-18(15-4-2-3-7-19-15)22-17(14)20-13-6-9-25-11-13/h2-4,7,13H,5-6,8-11H2,1H3,(H,20,21,22)/t13-/m0/s1. The third-order valence-electron chi connectivity index (χ3n) is 4.67. The van der Waals surface area contributed by atoms with Crippen LogP contribution in [-0.2, 0) is 22.5 Å². The molecule has 25 heavy (non-hydrogen) atoms. The molecule has 0 saturated carbocycles. The van der Waals surface area contributed by atoms with Crippen molar-refractivity contribution in [1.29, 1.82) is 0 Å². The number of hydrogen-bond acceptors (Lipinski definition) is 6. The van der Waals surface area contributed by atoms with Crippen LogP contribution in [0.4, 0.5) is 5.82 Å². The van der Waals surface area contributed by atoms with Gasteiger partial charge in [0.1, 0.15) is 11.5 Å².